The highest BCUT2D eigenvalue weighted by Gasteiger charge is 2.00. The van der Waals surface area contributed by atoms with Gasteiger partial charge in [0.1, 0.15) is 0 Å². The predicted molar refractivity (Wildman–Crippen MR) is 60.9 cm³/mol. The van der Waals surface area contributed by atoms with Crippen molar-refractivity contribution in [3.05, 3.63) is 27.7 Å². The summed E-state index contributed by atoms with van der Waals surface area (Å²) >= 11 is 3.51. The fraction of sp³-hybridized carbons (Fsp3) is 0.273. The van der Waals surface area contributed by atoms with Crippen LogP contribution < -0.4 is 5.32 Å². The van der Waals surface area contributed by atoms with E-state index in [0.717, 1.165) is 5.69 Å². The molecule has 1 rings (SSSR count). The number of hydrogen-bond acceptors (Lipinski definition) is 1. The number of hydrogen-bond donors (Lipinski definition) is 1. The monoisotopic (exact) mass is 237 g/mol. The lowest BCUT2D eigenvalue weighted by molar-refractivity contribution is 1.30. The molecule has 0 saturated carbocycles. The van der Waals surface area contributed by atoms with Crippen LogP contribution in [0.25, 0.3) is 0 Å². The highest BCUT2D eigenvalue weighted by Crippen LogP contribution is 2.24. The summed E-state index contributed by atoms with van der Waals surface area (Å²) in [6.07, 6.45) is 5.16. The van der Waals surface area contributed by atoms with E-state index in [1.807, 2.05) is 0 Å². The molecule has 0 aliphatic rings. The van der Waals surface area contributed by atoms with Crippen molar-refractivity contribution in [1.29, 1.82) is 0 Å². The molecule has 1 aromatic carbocycles. The number of terminal acetylenes is 1. The van der Waals surface area contributed by atoms with E-state index < -0.39 is 0 Å². The average Bonchev–Trinajstić information content (AvgIpc) is 2.10. The molecule has 0 unspecified atom stereocenters. The van der Waals surface area contributed by atoms with Crippen molar-refractivity contribution in [1.82, 2.24) is 0 Å². The van der Waals surface area contributed by atoms with Gasteiger partial charge in [0.2, 0.25) is 0 Å². The van der Waals surface area contributed by atoms with Gasteiger partial charge in [0.25, 0.3) is 0 Å². The molecule has 2 heteroatoms. The zero-order valence-electron chi connectivity index (χ0n) is 7.82. The minimum absolute atomic E-state index is 0.570. The van der Waals surface area contributed by atoms with Crippen molar-refractivity contribution < 1.29 is 0 Å². The highest BCUT2D eigenvalue weighted by molar-refractivity contribution is 9.10. The van der Waals surface area contributed by atoms with Crippen molar-refractivity contribution in [3.8, 4) is 12.3 Å². The number of nitrogens with one attached hydrogen (secondary N) is 1. The van der Waals surface area contributed by atoms with Gasteiger partial charge in [-0.3, -0.25) is 0 Å². The number of anilines is 1. The molecule has 1 nitrogen and oxygen atoms in total. The first kappa shape index (κ1) is 10.1. The molecule has 1 aromatic rings. The van der Waals surface area contributed by atoms with Crippen molar-refractivity contribution in [2.45, 2.75) is 13.8 Å². The van der Waals surface area contributed by atoms with E-state index in [4.69, 9.17) is 6.42 Å². The molecule has 0 spiro atoms. The van der Waals surface area contributed by atoms with Gasteiger partial charge in [-0.05, 0) is 37.1 Å². The lowest BCUT2D eigenvalue weighted by atomic mass is 10.1. The van der Waals surface area contributed by atoms with Gasteiger partial charge in [0, 0.05) is 10.2 Å². The first-order valence-corrected chi connectivity index (χ1v) is 4.88. The van der Waals surface area contributed by atoms with Gasteiger partial charge < -0.3 is 5.32 Å². The maximum absolute atomic E-state index is 5.16. The zero-order valence-corrected chi connectivity index (χ0v) is 9.40. The van der Waals surface area contributed by atoms with Crippen LogP contribution in [-0.2, 0) is 0 Å². The Balaban J connectivity index is 2.94. The normalized spacial score (nSPS) is 9.38. The standard InChI is InChI=1S/C11H12BrN/c1-4-5-13-10-6-8(2)11(12)9(3)7-10/h1,6-7,13H,5H2,2-3H3. The maximum Gasteiger partial charge on any atom is 0.0763 e. The van der Waals surface area contributed by atoms with E-state index in [2.05, 4.69) is 53.1 Å². The minimum atomic E-state index is 0.570. The van der Waals surface area contributed by atoms with E-state index in [0.29, 0.717) is 6.54 Å². The molecule has 68 valence electrons. The SMILES string of the molecule is C#CCNc1cc(C)c(Br)c(C)c1. The molecular formula is C11H12BrN. The summed E-state index contributed by atoms with van der Waals surface area (Å²) in [5.41, 5.74) is 3.52. The molecule has 0 atom stereocenters. The van der Waals surface area contributed by atoms with Gasteiger partial charge in [-0.15, -0.1) is 6.42 Å². The largest absolute Gasteiger partial charge is 0.374 e. The number of rotatable bonds is 2. The van der Waals surface area contributed by atoms with Gasteiger partial charge >= 0.3 is 0 Å². The van der Waals surface area contributed by atoms with Gasteiger partial charge in [0.15, 0.2) is 0 Å². The van der Waals surface area contributed by atoms with Crippen LogP contribution in [-0.4, -0.2) is 6.54 Å². The summed E-state index contributed by atoms with van der Waals surface area (Å²) in [7, 11) is 0. The van der Waals surface area contributed by atoms with Crippen LogP contribution in [0.4, 0.5) is 5.69 Å². The second-order valence-corrected chi connectivity index (χ2v) is 3.77. The van der Waals surface area contributed by atoms with Crippen LogP contribution >= 0.6 is 15.9 Å². The molecule has 0 heterocycles. The van der Waals surface area contributed by atoms with E-state index in [1.165, 1.54) is 15.6 Å². The number of halogens is 1. The van der Waals surface area contributed by atoms with Gasteiger partial charge in [0.05, 0.1) is 6.54 Å². The van der Waals surface area contributed by atoms with E-state index in [-0.39, 0.29) is 0 Å². The molecule has 1 N–H and O–H groups in total. The van der Waals surface area contributed by atoms with Crippen LogP contribution in [0.3, 0.4) is 0 Å². The van der Waals surface area contributed by atoms with Crippen LogP contribution in [0.2, 0.25) is 0 Å². The second kappa shape index (κ2) is 4.34. The van der Waals surface area contributed by atoms with Crippen LogP contribution in [0.1, 0.15) is 11.1 Å². The van der Waals surface area contributed by atoms with Gasteiger partial charge in [-0.2, -0.15) is 0 Å². The summed E-state index contributed by atoms with van der Waals surface area (Å²) in [5.74, 6) is 2.55. The maximum atomic E-state index is 5.16. The zero-order chi connectivity index (χ0) is 9.84. The first-order chi connectivity index (χ1) is 6.15. The van der Waals surface area contributed by atoms with Gasteiger partial charge in [-0.25, -0.2) is 0 Å². The lowest BCUT2D eigenvalue weighted by Gasteiger charge is -2.08. The van der Waals surface area contributed by atoms with Crippen molar-refractivity contribution in [2.75, 3.05) is 11.9 Å². The molecule has 0 amide bonds. The summed E-state index contributed by atoms with van der Waals surface area (Å²) in [6, 6.07) is 4.16. The fourth-order valence-electron chi connectivity index (χ4n) is 1.20. The Hall–Kier alpha value is -0.940. The Morgan fingerprint density at radius 1 is 1.38 bits per heavy atom. The highest BCUT2D eigenvalue weighted by atomic mass is 79.9. The molecule has 0 saturated heterocycles. The number of benzene rings is 1. The predicted octanol–water partition coefficient (Wildman–Crippen LogP) is 3.11. The summed E-state index contributed by atoms with van der Waals surface area (Å²) in [5, 5.41) is 3.15. The molecular weight excluding hydrogens is 226 g/mol. The van der Waals surface area contributed by atoms with Crippen molar-refractivity contribution in [2.24, 2.45) is 0 Å². The Bertz CT molecular complexity index is 327. The van der Waals surface area contributed by atoms with Gasteiger partial charge in [-0.1, -0.05) is 21.9 Å². The smallest absolute Gasteiger partial charge is 0.0763 e. The second-order valence-electron chi connectivity index (χ2n) is 2.98. The first-order valence-electron chi connectivity index (χ1n) is 4.09. The molecule has 0 aromatic heterocycles. The molecule has 0 radical (unpaired) electrons. The molecule has 0 bridgehead atoms. The average molecular weight is 238 g/mol. The topological polar surface area (TPSA) is 12.0 Å². The van der Waals surface area contributed by atoms with Crippen LogP contribution in [0.15, 0.2) is 16.6 Å². The Labute approximate surface area is 87.7 Å². The summed E-state index contributed by atoms with van der Waals surface area (Å²) in [6.45, 7) is 4.71. The van der Waals surface area contributed by atoms with Crippen LogP contribution in [0.5, 0.6) is 0 Å². The molecule has 0 fully saturated rings. The van der Waals surface area contributed by atoms with E-state index in [1.54, 1.807) is 0 Å². The third kappa shape index (κ3) is 2.50. The van der Waals surface area contributed by atoms with E-state index >= 15 is 0 Å². The number of aryl methyl sites for hydroxylation is 2. The summed E-state index contributed by atoms with van der Waals surface area (Å²) < 4.78 is 1.17. The fourth-order valence-corrected chi connectivity index (χ4v) is 1.43. The molecule has 0 aliphatic heterocycles. The molecule has 0 aliphatic carbocycles. The molecule has 13 heavy (non-hydrogen) atoms. The summed E-state index contributed by atoms with van der Waals surface area (Å²) in [4.78, 5) is 0. The van der Waals surface area contributed by atoms with Crippen molar-refractivity contribution >= 4 is 21.6 Å². The Morgan fingerprint density at radius 3 is 2.38 bits per heavy atom. The minimum Gasteiger partial charge on any atom is -0.374 e. The quantitative estimate of drug-likeness (QED) is 0.780. The third-order valence-corrected chi connectivity index (χ3v) is 3.08. The Kier molecular flexibility index (Phi) is 3.39. The lowest BCUT2D eigenvalue weighted by Crippen LogP contribution is -1.99. The third-order valence-electron chi connectivity index (χ3n) is 1.83. The van der Waals surface area contributed by atoms with E-state index in [9.17, 15) is 0 Å². The van der Waals surface area contributed by atoms with Crippen molar-refractivity contribution in [3.63, 3.8) is 0 Å². The Morgan fingerprint density at radius 2 is 1.92 bits per heavy atom. The van der Waals surface area contributed by atoms with Crippen LogP contribution in [0, 0.1) is 26.2 Å².